The Bertz CT molecular complexity index is 312. The summed E-state index contributed by atoms with van der Waals surface area (Å²) in [4.78, 5) is 0. The topological polar surface area (TPSA) is 29.5 Å². The van der Waals surface area contributed by atoms with Gasteiger partial charge in [-0.2, -0.15) is 0 Å². The molecule has 0 aliphatic rings. The molecule has 0 aliphatic carbocycles. The fourth-order valence-corrected chi connectivity index (χ4v) is 1.59. The SMILES string of the molecule is COc1cc(C)c(O)c(Br)c1Cl. The van der Waals surface area contributed by atoms with Crippen LogP contribution < -0.4 is 4.74 Å². The summed E-state index contributed by atoms with van der Waals surface area (Å²) >= 11 is 9.00. The molecule has 66 valence electrons. The minimum atomic E-state index is 0.154. The van der Waals surface area contributed by atoms with Gasteiger partial charge in [0.1, 0.15) is 16.5 Å². The van der Waals surface area contributed by atoms with Gasteiger partial charge in [0, 0.05) is 0 Å². The molecule has 0 atom stereocenters. The third-order valence-electron chi connectivity index (χ3n) is 1.56. The first kappa shape index (κ1) is 9.68. The van der Waals surface area contributed by atoms with Crippen molar-refractivity contribution in [2.75, 3.05) is 7.11 Å². The zero-order valence-electron chi connectivity index (χ0n) is 6.69. The number of aromatic hydroxyl groups is 1. The Morgan fingerprint density at radius 1 is 1.58 bits per heavy atom. The van der Waals surface area contributed by atoms with E-state index in [9.17, 15) is 5.11 Å². The number of benzene rings is 1. The first-order valence-corrected chi connectivity index (χ1v) is 4.46. The summed E-state index contributed by atoms with van der Waals surface area (Å²) in [6.07, 6.45) is 0. The summed E-state index contributed by atoms with van der Waals surface area (Å²) in [5.74, 6) is 0.708. The van der Waals surface area contributed by atoms with Crippen molar-refractivity contribution in [3.63, 3.8) is 0 Å². The van der Waals surface area contributed by atoms with E-state index in [0.717, 1.165) is 5.56 Å². The van der Waals surface area contributed by atoms with Crippen LogP contribution in [-0.4, -0.2) is 12.2 Å². The molecule has 0 radical (unpaired) electrons. The Morgan fingerprint density at radius 3 is 2.67 bits per heavy atom. The highest BCUT2D eigenvalue weighted by molar-refractivity contribution is 9.10. The molecule has 0 amide bonds. The van der Waals surface area contributed by atoms with Crippen molar-refractivity contribution in [1.29, 1.82) is 0 Å². The van der Waals surface area contributed by atoms with Gasteiger partial charge in [-0.25, -0.2) is 0 Å². The smallest absolute Gasteiger partial charge is 0.139 e. The molecule has 12 heavy (non-hydrogen) atoms. The summed E-state index contributed by atoms with van der Waals surface area (Å²) in [5.41, 5.74) is 0.725. The number of phenolic OH excluding ortho intramolecular Hbond substituents is 1. The Morgan fingerprint density at radius 2 is 2.17 bits per heavy atom. The van der Waals surface area contributed by atoms with E-state index in [1.165, 1.54) is 7.11 Å². The number of ether oxygens (including phenoxy) is 1. The molecule has 0 fully saturated rings. The van der Waals surface area contributed by atoms with E-state index in [4.69, 9.17) is 16.3 Å². The molecule has 1 rings (SSSR count). The van der Waals surface area contributed by atoms with Crippen molar-refractivity contribution in [1.82, 2.24) is 0 Å². The van der Waals surface area contributed by atoms with Crippen LogP contribution in [-0.2, 0) is 0 Å². The standard InChI is InChI=1S/C8H8BrClO2/c1-4-3-5(12-2)7(10)6(9)8(4)11/h3,11H,1-2H3. The van der Waals surface area contributed by atoms with Gasteiger partial charge in [0.15, 0.2) is 0 Å². The highest BCUT2D eigenvalue weighted by atomic mass is 79.9. The first-order valence-electron chi connectivity index (χ1n) is 3.29. The van der Waals surface area contributed by atoms with Gasteiger partial charge in [-0.15, -0.1) is 0 Å². The van der Waals surface area contributed by atoms with Crippen LogP contribution in [0.2, 0.25) is 5.02 Å². The minimum absolute atomic E-state index is 0.154. The van der Waals surface area contributed by atoms with Crippen molar-refractivity contribution in [2.24, 2.45) is 0 Å². The minimum Gasteiger partial charge on any atom is -0.506 e. The van der Waals surface area contributed by atoms with Crippen LogP contribution >= 0.6 is 27.5 Å². The zero-order chi connectivity index (χ0) is 9.30. The van der Waals surface area contributed by atoms with Gasteiger partial charge >= 0.3 is 0 Å². The van der Waals surface area contributed by atoms with E-state index in [-0.39, 0.29) is 5.75 Å². The van der Waals surface area contributed by atoms with E-state index in [0.29, 0.717) is 15.2 Å². The molecular formula is C8H8BrClO2. The number of rotatable bonds is 1. The van der Waals surface area contributed by atoms with E-state index < -0.39 is 0 Å². The van der Waals surface area contributed by atoms with E-state index in [1.807, 2.05) is 0 Å². The average Bonchev–Trinajstić information content (AvgIpc) is 2.08. The molecule has 0 aliphatic heterocycles. The van der Waals surface area contributed by atoms with Gasteiger partial charge in [0.25, 0.3) is 0 Å². The summed E-state index contributed by atoms with van der Waals surface area (Å²) < 4.78 is 5.46. The molecule has 0 bridgehead atoms. The fourth-order valence-electron chi connectivity index (χ4n) is 0.862. The van der Waals surface area contributed by atoms with Gasteiger partial charge in [0.2, 0.25) is 0 Å². The Balaban J connectivity index is 3.39. The van der Waals surface area contributed by atoms with Crippen LogP contribution in [0, 0.1) is 6.92 Å². The number of hydrogen-bond donors (Lipinski definition) is 1. The second kappa shape index (κ2) is 3.54. The summed E-state index contributed by atoms with van der Waals surface area (Å²) in [6, 6.07) is 1.68. The molecule has 2 nitrogen and oxygen atoms in total. The van der Waals surface area contributed by atoms with Crippen LogP contribution in [0.4, 0.5) is 0 Å². The predicted molar refractivity (Wildman–Crippen MR) is 52.1 cm³/mol. The highest BCUT2D eigenvalue weighted by Gasteiger charge is 2.11. The van der Waals surface area contributed by atoms with Crippen molar-refractivity contribution in [3.05, 3.63) is 21.1 Å². The second-order valence-electron chi connectivity index (χ2n) is 2.37. The maximum atomic E-state index is 9.42. The van der Waals surface area contributed by atoms with Crippen LogP contribution in [0.1, 0.15) is 5.56 Å². The molecule has 1 aromatic rings. The first-order chi connectivity index (χ1) is 5.57. The number of aryl methyl sites for hydroxylation is 1. The van der Waals surface area contributed by atoms with Gasteiger partial charge < -0.3 is 9.84 Å². The number of methoxy groups -OCH3 is 1. The Labute approximate surface area is 84.2 Å². The summed E-state index contributed by atoms with van der Waals surface area (Å²) in [6.45, 7) is 1.78. The van der Waals surface area contributed by atoms with Gasteiger partial charge in [-0.1, -0.05) is 11.6 Å². The Hall–Kier alpha value is -0.410. The van der Waals surface area contributed by atoms with Gasteiger partial charge in [-0.3, -0.25) is 0 Å². The lowest BCUT2D eigenvalue weighted by atomic mass is 10.2. The highest BCUT2D eigenvalue weighted by Crippen LogP contribution is 2.40. The van der Waals surface area contributed by atoms with E-state index >= 15 is 0 Å². The second-order valence-corrected chi connectivity index (χ2v) is 3.54. The van der Waals surface area contributed by atoms with Crippen LogP contribution in [0.5, 0.6) is 11.5 Å². The third-order valence-corrected chi connectivity index (χ3v) is 2.93. The average molecular weight is 252 g/mol. The molecule has 0 spiro atoms. The number of phenols is 1. The fraction of sp³-hybridized carbons (Fsp3) is 0.250. The molecule has 1 aromatic carbocycles. The van der Waals surface area contributed by atoms with Crippen molar-refractivity contribution >= 4 is 27.5 Å². The van der Waals surface area contributed by atoms with Crippen LogP contribution in [0.3, 0.4) is 0 Å². The van der Waals surface area contributed by atoms with Gasteiger partial charge in [0.05, 0.1) is 11.6 Å². The van der Waals surface area contributed by atoms with Crippen molar-refractivity contribution in [2.45, 2.75) is 6.92 Å². The molecule has 0 saturated carbocycles. The Kier molecular flexibility index (Phi) is 2.85. The predicted octanol–water partition coefficient (Wildman–Crippen LogP) is 3.13. The summed E-state index contributed by atoms with van der Waals surface area (Å²) in [7, 11) is 1.53. The quantitative estimate of drug-likeness (QED) is 0.831. The monoisotopic (exact) mass is 250 g/mol. The molecule has 1 N–H and O–H groups in total. The van der Waals surface area contributed by atoms with Crippen molar-refractivity contribution in [3.8, 4) is 11.5 Å². The van der Waals surface area contributed by atoms with E-state index in [2.05, 4.69) is 15.9 Å². The van der Waals surface area contributed by atoms with E-state index in [1.54, 1.807) is 13.0 Å². The normalized spacial score (nSPS) is 10.0. The zero-order valence-corrected chi connectivity index (χ0v) is 9.03. The van der Waals surface area contributed by atoms with Crippen molar-refractivity contribution < 1.29 is 9.84 Å². The number of halogens is 2. The van der Waals surface area contributed by atoms with Gasteiger partial charge in [-0.05, 0) is 34.5 Å². The number of hydrogen-bond acceptors (Lipinski definition) is 2. The summed E-state index contributed by atoms with van der Waals surface area (Å²) in [5, 5.41) is 9.81. The van der Waals surface area contributed by atoms with Crippen LogP contribution in [0.25, 0.3) is 0 Å². The lowest BCUT2D eigenvalue weighted by molar-refractivity contribution is 0.411. The molecule has 0 aromatic heterocycles. The lowest BCUT2D eigenvalue weighted by Crippen LogP contribution is -1.87. The maximum Gasteiger partial charge on any atom is 0.139 e. The third kappa shape index (κ3) is 1.52. The van der Waals surface area contributed by atoms with Crippen LogP contribution in [0.15, 0.2) is 10.5 Å². The lowest BCUT2D eigenvalue weighted by Gasteiger charge is -2.08. The molecule has 0 saturated heterocycles. The molecule has 0 unspecified atom stereocenters. The maximum absolute atomic E-state index is 9.42. The molecular weight excluding hydrogens is 243 g/mol. The molecule has 4 heteroatoms. The largest absolute Gasteiger partial charge is 0.506 e. The molecule has 0 heterocycles.